The van der Waals surface area contributed by atoms with Crippen LogP contribution in [0.2, 0.25) is 0 Å². The Morgan fingerprint density at radius 2 is 1.86 bits per heavy atom. The molecule has 0 bridgehead atoms. The number of ether oxygens (including phenoxy) is 1. The highest BCUT2D eigenvalue weighted by Crippen LogP contribution is 2.31. The van der Waals surface area contributed by atoms with Gasteiger partial charge in [0.25, 0.3) is 5.91 Å². The molecule has 1 aliphatic rings. The number of hydrogen-bond acceptors (Lipinski definition) is 4. The second-order valence-electron chi connectivity index (χ2n) is 7.65. The number of hydrogen-bond donors (Lipinski definition) is 1. The molecule has 0 spiro atoms. The van der Waals surface area contributed by atoms with Crippen LogP contribution in [-0.4, -0.2) is 18.6 Å². The lowest BCUT2D eigenvalue weighted by atomic mass is 9.95. The van der Waals surface area contributed by atoms with Crippen LogP contribution in [0, 0.1) is 6.92 Å². The number of nitrogens with one attached hydrogen (secondary N) is 1. The van der Waals surface area contributed by atoms with Crippen molar-refractivity contribution in [3.05, 3.63) is 64.3 Å². The molecule has 0 unspecified atom stereocenters. The van der Waals surface area contributed by atoms with Gasteiger partial charge in [0.2, 0.25) is 11.2 Å². The normalized spacial score (nSPS) is 14.7. The molecule has 5 heteroatoms. The standard InChI is InChI=1S/C24H25NO4/c1-16-12-13-19-20(14-16)29-23(17-8-4-2-5-9-17)24(22(19)27)28-15-21(26)25-18-10-6-3-7-11-18/h2,4-5,8-9,12-14,18H,3,6-7,10-11,15H2,1H3,(H,25,26). The lowest BCUT2D eigenvalue weighted by Gasteiger charge is -2.22. The maximum absolute atomic E-state index is 13.1. The molecule has 1 amide bonds. The van der Waals surface area contributed by atoms with Crippen LogP contribution in [0.4, 0.5) is 0 Å². The minimum atomic E-state index is -0.268. The van der Waals surface area contributed by atoms with Gasteiger partial charge in [-0.05, 0) is 37.5 Å². The Labute approximate surface area is 169 Å². The highest BCUT2D eigenvalue weighted by Gasteiger charge is 2.20. The summed E-state index contributed by atoms with van der Waals surface area (Å²) in [5, 5.41) is 3.46. The first-order valence-corrected chi connectivity index (χ1v) is 10.2. The van der Waals surface area contributed by atoms with E-state index in [9.17, 15) is 9.59 Å². The fourth-order valence-corrected chi connectivity index (χ4v) is 3.85. The highest BCUT2D eigenvalue weighted by atomic mass is 16.5. The zero-order chi connectivity index (χ0) is 20.2. The van der Waals surface area contributed by atoms with Crippen molar-refractivity contribution in [2.45, 2.75) is 45.1 Å². The van der Waals surface area contributed by atoms with Crippen LogP contribution < -0.4 is 15.5 Å². The first-order valence-electron chi connectivity index (χ1n) is 10.2. The summed E-state index contributed by atoms with van der Waals surface area (Å²) in [6, 6.07) is 15.0. The number of benzene rings is 2. The van der Waals surface area contributed by atoms with Crippen molar-refractivity contribution in [3.63, 3.8) is 0 Å². The van der Waals surface area contributed by atoms with Crippen LogP contribution in [0.3, 0.4) is 0 Å². The molecule has 2 aromatic carbocycles. The molecule has 1 N–H and O–H groups in total. The fraction of sp³-hybridized carbons (Fsp3) is 0.333. The number of amides is 1. The topological polar surface area (TPSA) is 68.5 Å². The number of aryl methyl sites for hydroxylation is 1. The zero-order valence-corrected chi connectivity index (χ0v) is 16.6. The molecule has 0 radical (unpaired) electrons. The number of fused-ring (bicyclic) bond motifs is 1. The van der Waals surface area contributed by atoms with Crippen molar-refractivity contribution in [3.8, 4) is 17.1 Å². The van der Waals surface area contributed by atoms with Gasteiger partial charge in [-0.15, -0.1) is 0 Å². The molecular weight excluding hydrogens is 366 g/mol. The minimum Gasteiger partial charge on any atom is -0.476 e. The predicted molar refractivity (Wildman–Crippen MR) is 113 cm³/mol. The van der Waals surface area contributed by atoms with Crippen molar-refractivity contribution >= 4 is 16.9 Å². The third kappa shape index (κ3) is 4.34. The molecule has 4 rings (SSSR count). The van der Waals surface area contributed by atoms with Gasteiger partial charge in [-0.25, -0.2) is 0 Å². The van der Waals surface area contributed by atoms with Gasteiger partial charge in [-0.1, -0.05) is 55.7 Å². The Morgan fingerprint density at radius 1 is 1.10 bits per heavy atom. The monoisotopic (exact) mass is 391 g/mol. The van der Waals surface area contributed by atoms with Crippen LogP contribution in [0.15, 0.2) is 57.7 Å². The average Bonchev–Trinajstić information content (AvgIpc) is 2.74. The quantitative estimate of drug-likeness (QED) is 0.690. The molecule has 1 aromatic heterocycles. The molecule has 1 heterocycles. The second-order valence-corrected chi connectivity index (χ2v) is 7.65. The third-order valence-electron chi connectivity index (χ3n) is 5.36. The minimum absolute atomic E-state index is 0.0753. The summed E-state index contributed by atoms with van der Waals surface area (Å²) in [5.41, 5.74) is 1.97. The number of rotatable bonds is 5. The summed E-state index contributed by atoms with van der Waals surface area (Å²) < 4.78 is 11.8. The van der Waals surface area contributed by atoms with Crippen LogP contribution in [-0.2, 0) is 4.79 Å². The van der Waals surface area contributed by atoms with E-state index in [4.69, 9.17) is 9.15 Å². The Kier molecular flexibility index (Phi) is 5.65. The molecule has 0 aliphatic heterocycles. The Balaban J connectivity index is 1.64. The van der Waals surface area contributed by atoms with Crippen molar-refractivity contribution < 1.29 is 13.9 Å². The first kappa shape index (κ1) is 19.2. The first-order chi connectivity index (χ1) is 14.1. The molecule has 5 nitrogen and oxygen atoms in total. The smallest absolute Gasteiger partial charge is 0.258 e. The van der Waals surface area contributed by atoms with Crippen molar-refractivity contribution in [1.82, 2.24) is 5.32 Å². The molecule has 150 valence electrons. The second kappa shape index (κ2) is 8.52. The van der Waals surface area contributed by atoms with E-state index in [1.54, 1.807) is 6.07 Å². The van der Waals surface area contributed by atoms with Gasteiger partial charge in [-0.3, -0.25) is 9.59 Å². The molecule has 1 aliphatic carbocycles. The van der Waals surface area contributed by atoms with Gasteiger partial charge in [0.05, 0.1) is 5.39 Å². The summed E-state index contributed by atoms with van der Waals surface area (Å²) >= 11 is 0. The lowest BCUT2D eigenvalue weighted by Crippen LogP contribution is -2.39. The summed E-state index contributed by atoms with van der Waals surface area (Å²) in [5.74, 6) is 0.213. The molecule has 1 saturated carbocycles. The lowest BCUT2D eigenvalue weighted by molar-refractivity contribution is -0.124. The zero-order valence-electron chi connectivity index (χ0n) is 16.6. The van der Waals surface area contributed by atoms with Crippen LogP contribution in [0.25, 0.3) is 22.3 Å². The maximum atomic E-state index is 13.1. The molecule has 0 saturated heterocycles. The van der Waals surface area contributed by atoms with Gasteiger partial charge < -0.3 is 14.5 Å². The van der Waals surface area contributed by atoms with Crippen molar-refractivity contribution in [2.75, 3.05) is 6.61 Å². The van der Waals surface area contributed by atoms with Gasteiger partial charge in [0.1, 0.15) is 5.58 Å². The number of carbonyl (C=O) groups is 1. The van der Waals surface area contributed by atoms with E-state index in [-0.39, 0.29) is 29.7 Å². The maximum Gasteiger partial charge on any atom is 0.258 e. The van der Waals surface area contributed by atoms with Crippen LogP contribution in [0.1, 0.15) is 37.7 Å². The van der Waals surface area contributed by atoms with E-state index in [2.05, 4.69) is 5.32 Å². The largest absolute Gasteiger partial charge is 0.476 e. The van der Waals surface area contributed by atoms with E-state index in [1.807, 2.05) is 49.4 Å². The van der Waals surface area contributed by atoms with Crippen LogP contribution in [0.5, 0.6) is 5.75 Å². The average molecular weight is 391 g/mol. The summed E-state index contributed by atoms with van der Waals surface area (Å²) in [6.45, 7) is 1.74. The molecule has 29 heavy (non-hydrogen) atoms. The van der Waals surface area contributed by atoms with Crippen molar-refractivity contribution in [1.29, 1.82) is 0 Å². The SMILES string of the molecule is Cc1ccc2c(=O)c(OCC(=O)NC3CCCCC3)c(-c3ccccc3)oc2c1. The van der Waals surface area contributed by atoms with E-state index in [0.717, 1.165) is 36.8 Å². The molecule has 0 atom stereocenters. The summed E-state index contributed by atoms with van der Waals surface area (Å²) in [4.78, 5) is 25.5. The highest BCUT2D eigenvalue weighted by molar-refractivity contribution is 5.83. The van der Waals surface area contributed by atoms with Gasteiger partial charge in [0.15, 0.2) is 12.4 Å². The Hall–Kier alpha value is -3.08. The van der Waals surface area contributed by atoms with E-state index in [0.29, 0.717) is 16.7 Å². The molecular formula is C24H25NO4. The molecule has 3 aromatic rings. The molecule has 1 fully saturated rings. The third-order valence-corrected chi connectivity index (χ3v) is 5.36. The van der Waals surface area contributed by atoms with E-state index >= 15 is 0 Å². The van der Waals surface area contributed by atoms with E-state index < -0.39 is 0 Å². The van der Waals surface area contributed by atoms with Gasteiger partial charge in [-0.2, -0.15) is 0 Å². The summed E-state index contributed by atoms with van der Waals surface area (Å²) in [7, 11) is 0. The van der Waals surface area contributed by atoms with Crippen molar-refractivity contribution in [2.24, 2.45) is 0 Å². The van der Waals surface area contributed by atoms with Gasteiger partial charge >= 0.3 is 0 Å². The number of carbonyl (C=O) groups excluding carboxylic acids is 1. The summed E-state index contributed by atoms with van der Waals surface area (Å²) in [6.07, 6.45) is 5.49. The van der Waals surface area contributed by atoms with Crippen LogP contribution >= 0.6 is 0 Å². The van der Waals surface area contributed by atoms with E-state index in [1.165, 1.54) is 6.42 Å². The fourth-order valence-electron chi connectivity index (χ4n) is 3.85. The predicted octanol–water partition coefficient (Wildman–Crippen LogP) is 4.60. The van der Waals surface area contributed by atoms with Gasteiger partial charge in [0, 0.05) is 11.6 Å². The Bertz CT molecular complexity index is 1070. The Morgan fingerprint density at radius 3 is 2.62 bits per heavy atom.